The highest BCUT2D eigenvalue weighted by atomic mass is 32.2. The van der Waals surface area contributed by atoms with Gasteiger partial charge in [0.1, 0.15) is 6.61 Å². The molecule has 0 saturated carbocycles. The van der Waals surface area contributed by atoms with E-state index >= 15 is 0 Å². The van der Waals surface area contributed by atoms with Gasteiger partial charge in [0.2, 0.25) is 5.91 Å². The number of carbonyl (C=O) groups is 1. The van der Waals surface area contributed by atoms with Gasteiger partial charge >= 0.3 is 0 Å². The van der Waals surface area contributed by atoms with Crippen molar-refractivity contribution in [2.45, 2.75) is 38.2 Å². The summed E-state index contributed by atoms with van der Waals surface area (Å²) in [6.07, 6.45) is 0. The van der Waals surface area contributed by atoms with E-state index in [1.807, 2.05) is 0 Å². The molecule has 0 rings (SSSR count). The number of sulfone groups is 1. The maximum Gasteiger partial charge on any atom is 0.246 e. The van der Waals surface area contributed by atoms with E-state index in [0.29, 0.717) is 25.0 Å². The first kappa shape index (κ1) is 21.7. The van der Waals surface area contributed by atoms with E-state index in [4.69, 9.17) is 9.47 Å². The van der Waals surface area contributed by atoms with Crippen LogP contribution in [0.5, 0.6) is 0 Å². The number of nitrogens with one attached hydrogen (secondary N) is 1. The second-order valence-electron chi connectivity index (χ2n) is 5.35. The van der Waals surface area contributed by atoms with Crippen LogP contribution in [0.25, 0.3) is 0 Å². The highest BCUT2D eigenvalue weighted by molar-refractivity contribution is 7.99. The first-order chi connectivity index (χ1) is 10.3. The fraction of sp³-hybridized carbons (Fsp3) is 0.929. The number of hydrogen-bond donors (Lipinski definition) is 1. The Hall–Kier alpha value is -0.310. The van der Waals surface area contributed by atoms with Gasteiger partial charge in [-0.05, 0) is 19.1 Å². The van der Waals surface area contributed by atoms with Crippen molar-refractivity contribution in [3.05, 3.63) is 0 Å². The highest BCUT2D eigenvalue weighted by Crippen LogP contribution is 2.07. The molecule has 0 heterocycles. The van der Waals surface area contributed by atoms with E-state index < -0.39 is 9.84 Å². The molecule has 8 heteroatoms. The SMILES string of the molecule is CC(C)SCCOCC(=O)NCCOCCS(=O)(=O)C(C)C. The molecule has 0 radical (unpaired) electrons. The van der Waals surface area contributed by atoms with Crippen molar-refractivity contribution in [2.24, 2.45) is 0 Å². The van der Waals surface area contributed by atoms with E-state index in [1.54, 1.807) is 25.6 Å². The van der Waals surface area contributed by atoms with Gasteiger partial charge in [-0.2, -0.15) is 11.8 Å². The van der Waals surface area contributed by atoms with E-state index in [1.165, 1.54) is 0 Å². The zero-order chi connectivity index (χ0) is 17.0. The summed E-state index contributed by atoms with van der Waals surface area (Å²) in [6, 6.07) is 0. The summed E-state index contributed by atoms with van der Waals surface area (Å²) in [5, 5.41) is 2.83. The molecule has 1 N–H and O–H groups in total. The van der Waals surface area contributed by atoms with E-state index in [2.05, 4.69) is 19.2 Å². The predicted molar refractivity (Wildman–Crippen MR) is 91.2 cm³/mol. The Morgan fingerprint density at radius 3 is 2.36 bits per heavy atom. The minimum Gasteiger partial charge on any atom is -0.379 e. The topological polar surface area (TPSA) is 81.7 Å². The van der Waals surface area contributed by atoms with Crippen LogP contribution in [0, 0.1) is 0 Å². The molecule has 0 aromatic heterocycles. The van der Waals surface area contributed by atoms with Gasteiger partial charge in [-0.3, -0.25) is 4.79 Å². The van der Waals surface area contributed by atoms with Crippen LogP contribution in [-0.2, 0) is 24.1 Å². The normalized spacial score (nSPS) is 12.1. The van der Waals surface area contributed by atoms with Crippen LogP contribution in [0.1, 0.15) is 27.7 Å². The summed E-state index contributed by atoms with van der Waals surface area (Å²) in [5.74, 6) is 0.695. The molecule has 0 aromatic rings. The Morgan fingerprint density at radius 1 is 1.09 bits per heavy atom. The van der Waals surface area contributed by atoms with Crippen LogP contribution in [0.4, 0.5) is 0 Å². The molecule has 0 unspecified atom stereocenters. The zero-order valence-electron chi connectivity index (χ0n) is 14.0. The molecule has 0 fully saturated rings. The second-order valence-corrected chi connectivity index (χ2v) is 9.71. The molecule has 0 aliphatic carbocycles. The molecule has 22 heavy (non-hydrogen) atoms. The van der Waals surface area contributed by atoms with Crippen LogP contribution < -0.4 is 5.32 Å². The molecule has 6 nitrogen and oxygen atoms in total. The Kier molecular flexibility index (Phi) is 12.0. The van der Waals surface area contributed by atoms with Crippen LogP contribution in [0.2, 0.25) is 0 Å². The summed E-state index contributed by atoms with van der Waals surface area (Å²) in [4.78, 5) is 11.4. The predicted octanol–water partition coefficient (Wildman–Crippen LogP) is 1.10. The highest BCUT2D eigenvalue weighted by Gasteiger charge is 2.15. The lowest BCUT2D eigenvalue weighted by molar-refractivity contribution is -0.125. The van der Waals surface area contributed by atoms with Gasteiger partial charge in [0, 0.05) is 12.3 Å². The third kappa shape index (κ3) is 12.3. The molecule has 0 atom stereocenters. The van der Waals surface area contributed by atoms with Crippen molar-refractivity contribution in [1.82, 2.24) is 5.32 Å². The molecule has 0 spiro atoms. The third-order valence-corrected chi connectivity index (χ3v) is 5.95. The quantitative estimate of drug-likeness (QED) is 0.498. The second kappa shape index (κ2) is 12.2. The number of rotatable bonds is 13. The van der Waals surface area contributed by atoms with E-state index in [0.717, 1.165) is 5.75 Å². The minimum absolute atomic E-state index is 0.00917. The molecule has 0 aliphatic heterocycles. The zero-order valence-corrected chi connectivity index (χ0v) is 15.6. The first-order valence-corrected chi connectivity index (χ1v) is 10.3. The first-order valence-electron chi connectivity index (χ1n) is 7.51. The smallest absolute Gasteiger partial charge is 0.246 e. The molecule has 0 bridgehead atoms. The van der Waals surface area contributed by atoms with Gasteiger partial charge in [-0.1, -0.05) is 13.8 Å². The Labute approximate surface area is 138 Å². The maximum absolute atomic E-state index is 11.5. The fourth-order valence-corrected chi connectivity index (χ4v) is 2.84. The van der Waals surface area contributed by atoms with Gasteiger partial charge in [-0.15, -0.1) is 0 Å². The standard InChI is InChI=1S/C14H29NO5S2/c1-12(2)21-9-7-20-11-14(16)15-5-6-19-8-10-22(17,18)13(3)4/h12-13H,5-11H2,1-4H3,(H,15,16). The van der Waals surface area contributed by atoms with E-state index in [-0.39, 0.29) is 30.1 Å². The summed E-state index contributed by atoms with van der Waals surface area (Å²) in [5.41, 5.74) is 0. The molecular weight excluding hydrogens is 326 g/mol. The number of carbonyl (C=O) groups excluding carboxylic acids is 1. The Morgan fingerprint density at radius 2 is 1.77 bits per heavy atom. The average molecular weight is 356 g/mol. The number of hydrogen-bond acceptors (Lipinski definition) is 6. The van der Waals surface area contributed by atoms with E-state index in [9.17, 15) is 13.2 Å². The van der Waals surface area contributed by atoms with Crippen LogP contribution in [0.15, 0.2) is 0 Å². The minimum atomic E-state index is -3.06. The summed E-state index contributed by atoms with van der Waals surface area (Å²) in [6.45, 7) is 8.92. The van der Waals surface area contributed by atoms with Crippen molar-refractivity contribution in [2.75, 3.05) is 44.5 Å². The maximum atomic E-state index is 11.5. The summed E-state index contributed by atoms with van der Waals surface area (Å²) in [7, 11) is -3.06. The lowest BCUT2D eigenvalue weighted by Gasteiger charge is -2.09. The van der Waals surface area contributed by atoms with Crippen LogP contribution in [-0.4, -0.2) is 69.3 Å². The van der Waals surface area contributed by atoms with Crippen molar-refractivity contribution < 1.29 is 22.7 Å². The van der Waals surface area contributed by atoms with Crippen molar-refractivity contribution >= 4 is 27.5 Å². The summed E-state index contributed by atoms with van der Waals surface area (Å²) < 4.78 is 33.5. The molecule has 0 aromatic carbocycles. The van der Waals surface area contributed by atoms with Crippen molar-refractivity contribution in [1.29, 1.82) is 0 Å². The Bertz CT molecular complexity index is 396. The lowest BCUT2D eigenvalue weighted by atomic mass is 10.6. The largest absolute Gasteiger partial charge is 0.379 e. The van der Waals surface area contributed by atoms with Crippen molar-refractivity contribution in [3.8, 4) is 0 Å². The Balaban J connectivity index is 3.46. The third-order valence-electron chi connectivity index (χ3n) is 2.71. The fourth-order valence-electron chi connectivity index (χ4n) is 1.33. The molecule has 132 valence electrons. The van der Waals surface area contributed by atoms with Gasteiger partial charge in [0.15, 0.2) is 9.84 Å². The van der Waals surface area contributed by atoms with Crippen LogP contribution >= 0.6 is 11.8 Å². The molecular formula is C14H29NO5S2. The molecule has 0 saturated heterocycles. The van der Waals surface area contributed by atoms with Crippen LogP contribution in [0.3, 0.4) is 0 Å². The van der Waals surface area contributed by atoms with Gasteiger partial charge in [0.25, 0.3) is 0 Å². The lowest BCUT2D eigenvalue weighted by Crippen LogP contribution is -2.31. The summed E-state index contributed by atoms with van der Waals surface area (Å²) >= 11 is 1.79. The number of ether oxygens (including phenoxy) is 2. The van der Waals surface area contributed by atoms with Gasteiger partial charge in [-0.25, -0.2) is 8.42 Å². The van der Waals surface area contributed by atoms with Gasteiger partial charge < -0.3 is 14.8 Å². The monoisotopic (exact) mass is 355 g/mol. The number of amides is 1. The molecule has 0 aliphatic rings. The average Bonchev–Trinajstić information content (AvgIpc) is 2.41. The molecule has 1 amide bonds. The number of thioether (sulfide) groups is 1. The van der Waals surface area contributed by atoms with Crippen molar-refractivity contribution in [3.63, 3.8) is 0 Å². The van der Waals surface area contributed by atoms with Gasteiger partial charge in [0.05, 0.1) is 30.8 Å².